The first-order chi connectivity index (χ1) is 8.76. The Morgan fingerprint density at radius 1 is 1.56 bits per heavy atom. The van der Waals surface area contributed by atoms with Gasteiger partial charge in [-0.25, -0.2) is 0 Å². The van der Waals surface area contributed by atoms with Crippen molar-refractivity contribution in [2.24, 2.45) is 10.9 Å². The van der Waals surface area contributed by atoms with Gasteiger partial charge in [-0.1, -0.05) is 18.0 Å². The van der Waals surface area contributed by atoms with E-state index in [2.05, 4.69) is 22.0 Å². The zero-order valence-electron chi connectivity index (χ0n) is 10.7. The van der Waals surface area contributed by atoms with Crippen LogP contribution >= 0.6 is 0 Å². The highest BCUT2D eigenvalue weighted by Gasteiger charge is 2.22. The third-order valence-electron chi connectivity index (χ3n) is 3.55. The highest BCUT2D eigenvalue weighted by atomic mass is 16.4. The van der Waals surface area contributed by atoms with Gasteiger partial charge in [0, 0.05) is 24.5 Å². The molecule has 0 aromatic carbocycles. The minimum absolute atomic E-state index is 0.0549. The first-order valence-electron chi connectivity index (χ1n) is 6.47. The van der Waals surface area contributed by atoms with E-state index in [9.17, 15) is 0 Å². The molecular formula is C13H20N4O. The second-order valence-corrected chi connectivity index (χ2v) is 4.61. The molecular weight excluding hydrogens is 228 g/mol. The number of pyridine rings is 1. The largest absolute Gasteiger partial charge is 0.409 e. The van der Waals surface area contributed by atoms with Crippen LogP contribution in [0.3, 0.4) is 0 Å². The summed E-state index contributed by atoms with van der Waals surface area (Å²) in [7, 11) is 0. The fourth-order valence-electron chi connectivity index (χ4n) is 2.66. The highest BCUT2D eigenvalue weighted by Crippen LogP contribution is 2.28. The smallest absolute Gasteiger partial charge is 0.188 e. The molecule has 1 aromatic heterocycles. The van der Waals surface area contributed by atoms with Gasteiger partial charge in [0.05, 0.1) is 0 Å². The predicted molar refractivity (Wildman–Crippen MR) is 72.0 cm³/mol. The molecule has 1 aliphatic carbocycles. The standard InChI is InChI=1S/C13H20N4O/c1-2-17(10-5-3-4-6-10)11-7-8-15-12(9-11)13(14)16-18/h7-10,18H,2-6H2,1H3,(H2,14,16). The molecule has 0 amide bonds. The van der Waals surface area contributed by atoms with Crippen molar-refractivity contribution in [3.8, 4) is 0 Å². The van der Waals surface area contributed by atoms with Crippen LogP contribution in [-0.4, -0.2) is 28.6 Å². The number of aromatic nitrogens is 1. The van der Waals surface area contributed by atoms with Crippen molar-refractivity contribution < 1.29 is 5.21 Å². The molecule has 0 saturated heterocycles. The lowest BCUT2D eigenvalue weighted by atomic mass is 10.1. The van der Waals surface area contributed by atoms with E-state index < -0.39 is 0 Å². The number of nitrogens with two attached hydrogens (primary N) is 1. The highest BCUT2D eigenvalue weighted by molar-refractivity contribution is 5.95. The Balaban J connectivity index is 2.25. The van der Waals surface area contributed by atoms with E-state index in [1.54, 1.807) is 6.20 Å². The second kappa shape index (κ2) is 5.71. The van der Waals surface area contributed by atoms with Gasteiger partial charge in [0.25, 0.3) is 0 Å². The average Bonchev–Trinajstić information content (AvgIpc) is 2.93. The van der Waals surface area contributed by atoms with Gasteiger partial charge in [0.15, 0.2) is 5.84 Å². The summed E-state index contributed by atoms with van der Waals surface area (Å²) in [6.45, 7) is 3.12. The van der Waals surface area contributed by atoms with Crippen molar-refractivity contribution >= 4 is 11.5 Å². The van der Waals surface area contributed by atoms with Crippen LogP contribution in [0.25, 0.3) is 0 Å². The van der Waals surface area contributed by atoms with Crippen LogP contribution in [-0.2, 0) is 0 Å². The van der Waals surface area contributed by atoms with Crippen molar-refractivity contribution in [2.45, 2.75) is 38.6 Å². The number of nitrogens with zero attached hydrogens (tertiary/aromatic N) is 3. The van der Waals surface area contributed by atoms with Crippen molar-refractivity contribution in [1.82, 2.24) is 4.98 Å². The summed E-state index contributed by atoms with van der Waals surface area (Å²) in [4.78, 5) is 6.49. The third-order valence-corrected chi connectivity index (χ3v) is 3.55. The summed E-state index contributed by atoms with van der Waals surface area (Å²) < 4.78 is 0. The Bertz CT molecular complexity index is 427. The molecule has 3 N–H and O–H groups in total. The zero-order valence-corrected chi connectivity index (χ0v) is 10.7. The maximum absolute atomic E-state index is 8.70. The normalized spacial score (nSPS) is 17.1. The summed E-state index contributed by atoms with van der Waals surface area (Å²) in [6, 6.07) is 4.48. The van der Waals surface area contributed by atoms with Gasteiger partial charge in [-0.15, -0.1) is 0 Å². The number of hydrogen-bond donors (Lipinski definition) is 2. The monoisotopic (exact) mass is 248 g/mol. The van der Waals surface area contributed by atoms with Crippen LogP contribution in [0.2, 0.25) is 0 Å². The van der Waals surface area contributed by atoms with E-state index in [1.807, 2.05) is 12.1 Å². The van der Waals surface area contributed by atoms with E-state index in [-0.39, 0.29) is 5.84 Å². The van der Waals surface area contributed by atoms with Gasteiger partial charge in [-0.2, -0.15) is 0 Å². The molecule has 0 atom stereocenters. The quantitative estimate of drug-likeness (QED) is 0.369. The van der Waals surface area contributed by atoms with E-state index in [1.165, 1.54) is 25.7 Å². The van der Waals surface area contributed by atoms with Crippen molar-refractivity contribution in [3.63, 3.8) is 0 Å². The maximum Gasteiger partial charge on any atom is 0.188 e. The Hall–Kier alpha value is -1.78. The maximum atomic E-state index is 8.70. The van der Waals surface area contributed by atoms with Crippen molar-refractivity contribution in [2.75, 3.05) is 11.4 Å². The molecule has 18 heavy (non-hydrogen) atoms. The van der Waals surface area contributed by atoms with Crippen LogP contribution in [0.1, 0.15) is 38.3 Å². The fourth-order valence-corrected chi connectivity index (χ4v) is 2.66. The van der Waals surface area contributed by atoms with Gasteiger partial charge in [-0.3, -0.25) is 4.98 Å². The van der Waals surface area contributed by atoms with E-state index in [0.717, 1.165) is 12.2 Å². The zero-order chi connectivity index (χ0) is 13.0. The predicted octanol–water partition coefficient (Wildman–Crippen LogP) is 1.94. The molecule has 0 unspecified atom stereocenters. The second-order valence-electron chi connectivity index (χ2n) is 4.61. The van der Waals surface area contributed by atoms with E-state index in [4.69, 9.17) is 10.9 Å². The average molecular weight is 248 g/mol. The van der Waals surface area contributed by atoms with Crippen LogP contribution in [0.4, 0.5) is 5.69 Å². The number of anilines is 1. The minimum atomic E-state index is 0.0549. The Morgan fingerprint density at radius 3 is 2.89 bits per heavy atom. The Morgan fingerprint density at radius 2 is 2.28 bits per heavy atom. The molecule has 5 heteroatoms. The molecule has 2 rings (SSSR count). The molecule has 0 aliphatic heterocycles. The van der Waals surface area contributed by atoms with Gasteiger partial charge in [0.2, 0.25) is 0 Å². The van der Waals surface area contributed by atoms with Crippen LogP contribution < -0.4 is 10.6 Å². The molecule has 0 spiro atoms. The first-order valence-corrected chi connectivity index (χ1v) is 6.47. The summed E-state index contributed by atoms with van der Waals surface area (Å²) in [5, 5.41) is 11.7. The minimum Gasteiger partial charge on any atom is -0.409 e. The molecule has 0 bridgehead atoms. The Kier molecular flexibility index (Phi) is 4.02. The summed E-state index contributed by atoms with van der Waals surface area (Å²) in [6.07, 6.45) is 6.81. The fraction of sp³-hybridized carbons (Fsp3) is 0.538. The lowest BCUT2D eigenvalue weighted by Gasteiger charge is -2.30. The summed E-state index contributed by atoms with van der Waals surface area (Å²) in [5.41, 5.74) is 7.20. The number of hydrogen-bond acceptors (Lipinski definition) is 4. The summed E-state index contributed by atoms with van der Waals surface area (Å²) in [5.74, 6) is 0.0549. The van der Waals surface area contributed by atoms with E-state index >= 15 is 0 Å². The van der Waals surface area contributed by atoms with Crippen molar-refractivity contribution in [3.05, 3.63) is 24.0 Å². The third kappa shape index (κ3) is 2.55. The van der Waals surface area contributed by atoms with Crippen LogP contribution in [0.5, 0.6) is 0 Å². The molecule has 1 saturated carbocycles. The first kappa shape index (κ1) is 12.7. The number of amidine groups is 1. The molecule has 1 aliphatic rings. The molecule has 5 nitrogen and oxygen atoms in total. The summed E-state index contributed by atoms with van der Waals surface area (Å²) >= 11 is 0. The molecule has 1 fully saturated rings. The molecule has 0 radical (unpaired) electrons. The SMILES string of the molecule is CCN(c1ccnc(C(N)=NO)c1)C1CCCC1. The lowest BCUT2D eigenvalue weighted by Crippen LogP contribution is -2.33. The van der Waals surface area contributed by atoms with Gasteiger partial charge in [0.1, 0.15) is 5.69 Å². The number of oxime groups is 1. The van der Waals surface area contributed by atoms with Crippen LogP contribution in [0, 0.1) is 0 Å². The van der Waals surface area contributed by atoms with Gasteiger partial charge >= 0.3 is 0 Å². The van der Waals surface area contributed by atoms with Gasteiger partial charge < -0.3 is 15.8 Å². The topological polar surface area (TPSA) is 74.7 Å². The van der Waals surface area contributed by atoms with Gasteiger partial charge in [-0.05, 0) is 31.9 Å². The Labute approximate surface area is 107 Å². The number of rotatable bonds is 4. The molecule has 1 heterocycles. The molecule has 98 valence electrons. The van der Waals surface area contributed by atoms with Crippen LogP contribution in [0.15, 0.2) is 23.5 Å². The van der Waals surface area contributed by atoms with E-state index in [0.29, 0.717) is 11.7 Å². The lowest BCUT2D eigenvalue weighted by molar-refractivity contribution is 0.318. The molecule has 1 aromatic rings. The van der Waals surface area contributed by atoms with Crippen molar-refractivity contribution in [1.29, 1.82) is 0 Å².